The topological polar surface area (TPSA) is 87.3 Å². The SMILES string of the molecule is O=C(CCSCc1nc2sc3c(c2c(=O)[nH]1)CCC3)Nc1ccccc1CN1CCOCC1. The van der Waals surface area contributed by atoms with E-state index in [1.54, 1.807) is 23.1 Å². The van der Waals surface area contributed by atoms with Crippen molar-refractivity contribution in [2.24, 2.45) is 0 Å². The number of amides is 1. The molecule has 3 aromatic rings. The Bertz CT molecular complexity index is 1200. The molecule has 0 atom stereocenters. The zero-order valence-electron chi connectivity index (χ0n) is 18.5. The fraction of sp³-hybridized carbons (Fsp3) is 0.458. The lowest BCUT2D eigenvalue weighted by atomic mass is 10.1. The van der Waals surface area contributed by atoms with Crippen LogP contribution in [0.1, 0.15) is 34.7 Å². The second-order valence-electron chi connectivity index (χ2n) is 8.45. The molecule has 0 bridgehead atoms. The van der Waals surface area contributed by atoms with E-state index in [9.17, 15) is 9.59 Å². The number of carbonyl (C=O) groups is 1. The summed E-state index contributed by atoms with van der Waals surface area (Å²) in [5.41, 5.74) is 3.18. The zero-order valence-corrected chi connectivity index (χ0v) is 20.2. The van der Waals surface area contributed by atoms with Gasteiger partial charge in [0.2, 0.25) is 5.91 Å². The number of benzene rings is 1. The molecule has 9 heteroatoms. The van der Waals surface area contributed by atoms with Crippen molar-refractivity contribution in [3.63, 3.8) is 0 Å². The van der Waals surface area contributed by atoms with Crippen LogP contribution in [0.4, 0.5) is 5.69 Å². The summed E-state index contributed by atoms with van der Waals surface area (Å²) in [4.78, 5) is 37.3. The van der Waals surface area contributed by atoms with Crippen LogP contribution in [0.5, 0.6) is 0 Å². The summed E-state index contributed by atoms with van der Waals surface area (Å²) in [6.07, 6.45) is 3.59. The van der Waals surface area contributed by atoms with Gasteiger partial charge in [0, 0.05) is 42.4 Å². The monoisotopic (exact) mass is 484 g/mol. The largest absolute Gasteiger partial charge is 0.379 e. The number of rotatable bonds is 8. The number of nitrogens with one attached hydrogen (secondary N) is 2. The molecular weight excluding hydrogens is 456 g/mol. The number of aromatic amines is 1. The molecule has 1 amide bonds. The van der Waals surface area contributed by atoms with Crippen LogP contribution < -0.4 is 10.9 Å². The second kappa shape index (κ2) is 10.4. The normalized spacial score (nSPS) is 16.2. The van der Waals surface area contributed by atoms with Crippen molar-refractivity contribution in [2.45, 2.75) is 38.0 Å². The number of H-pyrrole nitrogens is 1. The molecule has 2 aliphatic rings. The smallest absolute Gasteiger partial charge is 0.259 e. The van der Waals surface area contributed by atoms with Gasteiger partial charge in [0.25, 0.3) is 5.56 Å². The van der Waals surface area contributed by atoms with Gasteiger partial charge >= 0.3 is 0 Å². The Balaban J connectivity index is 1.12. The Hall–Kier alpha value is -2.20. The number of thioether (sulfide) groups is 1. The van der Waals surface area contributed by atoms with E-state index in [-0.39, 0.29) is 11.5 Å². The molecule has 174 valence electrons. The highest BCUT2D eigenvalue weighted by atomic mass is 32.2. The third-order valence-corrected chi connectivity index (χ3v) is 8.28. The molecule has 1 aromatic carbocycles. The highest BCUT2D eigenvalue weighted by Crippen LogP contribution is 2.34. The fourth-order valence-corrected chi connectivity index (χ4v) is 6.53. The van der Waals surface area contributed by atoms with Crippen LogP contribution in [-0.4, -0.2) is 52.8 Å². The van der Waals surface area contributed by atoms with Crippen molar-refractivity contribution in [3.8, 4) is 0 Å². The molecule has 0 spiro atoms. The quantitative estimate of drug-likeness (QED) is 0.476. The third kappa shape index (κ3) is 5.32. The van der Waals surface area contributed by atoms with Gasteiger partial charge in [-0.05, 0) is 36.5 Å². The van der Waals surface area contributed by atoms with E-state index in [0.29, 0.717) is 23.8 Å². The lowest BCUT2D eigenvalue weighted by molar-refractivity contribution is -0.115. The van der Waals surface area contributed by atoms with Gasteiger partial charge < -0.3 is 15.0 Å². The molecule has 1 aliphatic heterocycles. The van der Waals surface area contributed by atoms with Crippen molar-refractivity contribution in [1.82, 2.24) is 14.9 Å². The summed E-state index contributed by atoms with van der Waals surface area (Å²) >= 11 is 3.27. The molecule has 2 N–H and O–H groups in total. The molecule has 5 rings (SSSR count). The summed E-state index contributed by atoms with van der Waals surface area (Å²) in [6, 6.07) is 7.99. The molecule has 1 aliphatic carbocycles. The van der Waals surface area contributed by atoms with Gasteiger partial charge in [-0.3, -0.25) is 14.5 Å². The van der Waals surface area contributed by atoms with Crippen LogP contribution in [0.15, 0.2) is 29.1 Å². The van der Waals surface area contributed by atoms with Gasteiger partial charge in [0.05, 0.1) is 24.4 Å². The van der Waals surface area contributed by atoms with E-state index in [4.69, 9.17) is 4.74 Å². The van der Waals surface area contributed by atoms with Crippen molar-refractivity contribution in [1.29, 1.82) is 0 Å². The standard InChI is InChI=1S/C24H28N4O3S2/c29-21(25-18-6-2-1-4-16(18)14-28-9-11-31-12-10-28)8-13-32-15-20-26-23(30)22-17-5-3-7-19(17)33-24(22)27-20/h1-2,4,6H,3,5,7-15H2,(H,25,29)(H,26,27,30). The van der Waals surface area contributed by atoms with Gasteiger partial charge in [0.15, 0.2) is 0 Å². The highest BCUT2D eigenvalue weighted by molar-refractivity contribution is 7.98. The number of hydrogen-bond acceptors (Lipinski definition) is 7. The molecule has 0 radical (unpaired) electrons. The molecule has 3 heterocycles. The van der Waals surface area contributed by atoms with Gasteiger partial charge in [0.1, 0.15) is 10.7 Å². The van der Waals surface area contributed by atoms with Crippen LogP contribution in [0.25, 0.3) is 10.2 Å². The molecule has 33 heavy (non-hydrogen) atoms. The van der Waals surface area contributed by atoms with Crippen molar-refractivity contribution in [2.75, 3.05) is 37.4 Å². The lowest BCUT2D eigenvalue weighted by Crippen LogP contribution is -2.35. The molecule has 0 saturated carbocycles. The molecule has 1 fully saturated rings. The highest BCUT2D eigenvalue weighted by Gasteiger charge is 2.21. The summed E-state index contributed by atoms with van der Waals surface area (Å²) in [5, 5.41) is 3.86. The molecular formula is C24H28N4O3S2. The predicted octanol–water partition coefficient (Wildman–Crippen LogP) is 3.57. The minimum atomic E-state index is -0.0235. The number of thiophene rings is 1. The first-order valence-corrected chi connectivity index (χ1v) is 13.4. The molecule has 7 nitrogen and oxygen atoms in total. The number of aromatic nitrogens is 2. The summed E-state index contributed by atoms with van der Waals surface area (Å²) < 4.78 is 5.42. The number of aryl methyl sites for hydroxylation is 2. The number of anilines is 1. The average molecular weight is 485 g/mol. The van der Waals surface area contributed by atoms with Crippen LogP contribution >= 0.6 is 23.1 Å². The van der Waals surface area contributed by atoms with Gasteiger partial charge in [-0.1, -0.05) is 18.2 Å². The van der Waals surface area contributed by atoms with Crippen LogP contribution in [0, 0.1) is 0 Å². The Morgan fingerprint density at radius 1 is 1.24 bits per heavy atom. The summed E-state index contributed by atoms with van der Waals surface area (Å²) in [7, 11) is 0. The minimum Gasteiger partial charge on any atom is -0.379 e. The molecule has 0 unspecified atom stereocenters. The second-order valence-corrected chi connectivity index (χ2v) is 10.6. The minimum absolute atomic E-state index is 0.00325. The zero-order chi connectivity index (χ0) is 22.6. The van der Waals surface area contributed by atoms with Crippen molar-refractivity contribution < 1.29 is 9.53 Å². The number of hydrogen-bond donors (Lipinski definition) is 2. The number of carbonyl (C=O) groups excluding carboxylic acids is 1. The number of para-hydroxylation sites is 1. The van der Waals surface area contributed by atoms with Gasteiger partial charge in [-0.25, -0.2) is 4.98 Å². The van der Waals surface area contributed by atoms with E-state index in [1.807, 2.05) is 18.2 Å². The number of ether oxygens (including phenoxy) is 1. The first kappa shape index (κ1) is 22.6. The summed E-state index contributed by atoms with van der Waals surface area (Å²) in [5.74, 6) is 1.95. The Morgan fingerprint density at radius 3 is 2.97 bits per heavy atom. The molecule has 1 saturated heterocycles. The Labute approximate surface area is 200 Å². The first-order chi connectivity index (χ1) is 16.2. The maximum atomic E-state index is 12.6. The fourth-order valence-electron chi connectivity index (χ4n) is 4.44. The number of nitrogens with zero attached hydrogens (tertiary/aromatic N) is 2. The van der Waals surface area contributed by atoms with Gasteiger partial charge in [-0.2, -0.15) is 11.8 Å². The van der Waals surface area contributed by atoms with E-state index < -0.39 is 0 Å². The van der Waals surface area contributed by atoms with E-state index in [0.717, 1.165) is 73.6 Å². The Morgan fingerprint density at radius 2 is 2.09 bits per heavy atom. The molecule has 2 aromatic heterocycles. The van der Waals surface area contributed by atoms with E-state index >= 15 is 0 Å². The lowest BCUT2D eigenvalue weighted by Gasteiger charge is -2.27. The first-order valence-electron chi connectivity index (χ1n) is 11.5. The average Bonchev–Trinajstić information content (AvgIpc) is 3.40. The van der Waals surface area contributed by atoms with E-state index in [2.05, 4.69) is 26.3 Å². The van der Waals surface area contributed by atoms with Crippen LogP contribution in [0.2, 0.25) is 0 Å². The van der Waals surface area contributed by atoms with E-state index in [1.165, 1.54) is 10.4 Å². The van der Waals surface area contributed by atoms with Crippen molar-refractivity contribution >= 4 is 44.9 Å². The van der Waals surface area contributed by atoms with Crippen molar-refractivity contribution in [3.05, 3.63) is 56.4 Å². The summed E-state index contributed by atoms with van der Waals surface area (Å²) in [6.45, 7) is 4.15. The third-order valence-electron chi connectivity index (χ3n) is 6.13. The van der Waals surface area contributed by atoms with Gasteiger partial charge in [-0.15, -0.1) is 11.3 Å². The number of morpholine rings is 1. The van der Waals surface area contributed by atoms with Crippen LogP contribution in [-0.2, 0) is 34.7 Å². The Kier molecular flexibility index (Phi) is 7.10. The number of fused-ring (bicyclic) bond motifs is 3. The predicted molar refractivity (Wildman–Crippen MR) is 134 cm³/mol. The maximum absolute atomic E-state index is 12.6. The van der Waals surface area contributed by atoms with Crippen LogP contribution in [0.3, 0.4) is 0 Å². The maximum Gasteiger partial charge on any atom is 0.259 e.